The van der Waals surface area contributed by atoms with Crippen molar-refractivity contribution in [2.45, 2.75) is 24.0 Å². The summed E-state index contributed by atoms with van der Waals surface area (Å²) < 4.78 is 0. The van der Waals surface area contributed by atoms with Gasteiger partial charge < -0.3 is 10.8 Å². The molecule has 66 valence electrons. The summed E-state index contributed by atoms with van der Waals surface area (Å²) in [6, 6.07) is 7.18. The second-order valence-electron chi connectivity index (χ2n) is 2.86. The van der Waals surface area contributed by atoms with Crippen molar-refractivity contribution in [3.8, 4) is 0 Å². The molecule has 0 saturated heterocycles. The zero-order valence-corrected chi connectivity index (χ0v) is 7.83. The van der Waals surface area contributed by atoms with Crippen molar-refractivity contribution >= 4 is 12.6 Å². The molecule has 0 aliphatic carbocycles. The van der Waals surface area contributed by atoms with Gasteiger partial charge in [-0.2, -0.15) is 0 Å². The van der Waals surface area contributed by atoms with Gasteiger partial charge in [-0.25, -0.2) is 0 Å². The Hall–Kier alpha value is -0.510. The third kappa shape index (κ3) is 2.24. The quantitative estimate of drug-likeness (QED) is 0.606. The van der Waals surface area contributed by atoms with Gasteiger partial charge in [-0.3, -0.25) is 0 Å². The molecule has 2 unspecified atom stereocenters. The summed E-state index contributed by atoms with van der Waals surface area (Å²) in [5.74, 6) is 0. The van der Waals surface area contributed by atoms with Crippen LogP contribution >= 0.6 is 12.6 Å². The smallest absolute Gasteiger partial charge is 0.0704 e. The van der Waals surface area contributed by atoms with Crippen molar-refractivity contribution in [2.24, 2.45) is 5.73 Å². The molecule has 0 spiro atoms. The Kier molecular flexibility index (Phi) is 3.14. The lowest BCUT2D eigenvalue weighted by Crippen LogP contribution is -2.22. The second-order valence-corrected chi connectivity index (χ2v) is 3.38. The molecule has 1 aromatic rings. The van der Waals surface area contributed by atoms with Crippen LogP contribution in [0.1, 0.15) is 18.5 Å². The summed E-state index contributed by atoms with van der Waals surface area (Å²) in [5, 5.41) is 9.22. The Morgan fingerprint density at radius 3 is 2.67 bits per heavy atom. The molecular formula is C9H13NOS. The highest BCUT2D eigenvalue weighted by Gasteiger charge is 2.11. The number of benzene rings is 1. The highest BCUT2D eigenvalue weighted by atomic mass is 32.1. The summed E-state index contributed by atoms with van der Waals surface area (Å²) in [5.41, 5.74) is 6.64. The SMILES string of the molecule is CC(O)C(N)c1cccc(S)c1. The van der Waals surface area contributed by atoms with E-state index in [9.17, 15) is 5.11 Å². The predicted molar refractivity (Wildman–Crippen MR) is 52.3 cm³/mol. The molecular weight excluding hydrogens is 170 g/mol. The molecule has 3 heteroatoms. The standard InChI is InChI=1S/C9H13NOS/c1-6(11)9(10)7-3-2-4-8(12)5-7/h2-6,9,11-12H,10H2,1H3. The fourth-order valence-corrected chi connectivity index (χ4v) is 1.25. The van der Waals surface area contributed by atoms with Crippen molar-refractivity contribution in [3.63, 3.8) is 0 Å². The van der Waals surface area contributed by atoms with Gasteiger partial charge in [0.25, 0.3) is 0 Å². The number of hydrogen-bond donors (Lipinski definition) is 3. The normalized spacial score (nSPS) is 15.7. The number of rotatable bonds is 2. The van der Waals surface area contributed by atoms with Crippen LogP contribution in [0, 0.1) is 0 Å². The van der Waals surface area contributed by atoms with Crippen molar-refractivity contribution in [1.82, 2.24) is 0 Å². The van der Waals surface area contributed by atoms with Gasteiger partial charge in [-0.1, -0.05) is 12.1 Å². The number of aliphatic hydroxyl groups excluding tert-OH is 1. The number of thiol groups is 1. The molecule has 0 aliphatic rings. The van der Waals surface area contributed by atoms with E-state index in [0.717, 1.165) is 10.5 Å². The summed E-state index contributed by atoms with van der Waals surface area (Å²) in [6.45, 7) is 1.68. The maximum Gasteiger partial charge on any atom is 0.0704 e. The van der Waals surface area contributed by atoms with Gasteiger partial charge in [0.1, 0.15) is 0 Å². The Balaban J connectivity index is 2.88. The molecule has 0 saturated carbocycles. The van der Waals surface area contributed by atoms with Crippen LogP contribution in [-0.2, 0) is 0 Å². The zero-order valence-electron chi connectivity index (χ0n) is 6.94. The third-order valence-corrected chi connectivity index (χ3v) is 2.05. The molecule has 0 bridgehead atoms. The van der Waals surface area contributed by atoms with E-state index in [1.807, 2.05) is 24.3 Å². The van der Waals surface area contributed by atoms with Crippen LogP contribution in [0.5, 0.6) is 0 Å². The maximum atomic E-state index is 9.22. The van der Waals surface area contributed by atoms with Crippen molar-refractivity contribution < 1.29 is 5.11 Å². The fraction of sp³-hybridized carbons (Fsp3) is 0.333. The van der Waals surface area contributed by atoms with Crippen LogP contribution in [0.15, 0.2) is 29.2 Å². The molecule has 0 radical (unpaired) electrons. The third-order valence-electron chi connectivity index (χ3n) is 1.77. The van der Waals surface area contributed by atoms with Gasteiger partial charge in [0, 0.05) is 4.90 Å². The average molecular weight is 183 g/mol. The molecule has 0 aliphatic heterocycles. The Morgan fingerprint density at radius 1 is 1.50 bits per heavy atom. The second kappa shape index (κ2) is 3.94. The molecule has 0 amide bonds. The minimum absolute atomic E-state index is 0.322. The van der Waals surface area contributed by atoms with Crippen LogP contribution in [0.25, 0.3) is 0 Å². The van der Waals surface area contributed by atoms with Crippen LogP contribution < -0.4 is 5.73 Å². The lowest BCUT2D eigenvalue weighted by atomic mass is 10.0. The molecule has 3 N–H and O–H groups in total. The van der Waals surface area contributed by atoms with E-state index in [1.165, 1.54) is 0 Å². The molecule has 2 nitrogen and oxygen atoms in total. The lowest BCUT2D eigenvalue weighted by molar-refractivity contribution is 0.164. The van der Waals surface area contributed by atoms with E-state index in [0.29, 0.717) is 0 Å². The first-order chi connectivity index (χ1) is 5.61. The summed E-state index contributed by atoms with van der Waals surface area (Å²) in [6.07, 6.45) is -0.528. The van der Waals surface area contributed by atoms with Crippen LogP contribution in [0.2, 0.25) is 0 Å². The van der Waals surface area contributed by atoms with E-state index in [1.54, 1.807) is 6.92 Å². The highest BCUT2D eigenvalue weighted by Crippen LogP contribution is 2.17. The topological polar surface area (TPSA) is 46.2 Å². The highest BCUT2D eigenvalue weighted by molar-refractivity contribution is 7.80. The Morgan fingerprint density at radius 2 is 2.17 bits per heavy atom. The molecule has 0 heterocycles. The van der Waals surface area contributed by atoms with Gasteiger partial charge in [0.2, 0.25) is 0 Å². The molecule has 0 aromatic heterocycles. The first-order valence-electron chi connectivity index (χ1n) is 3.84. The fourth-order valence-electron chi connectivity index (χ4n) is 1.01. The number of nitrogens with two attached hydrogens (primary N) is 1. The van der Waals surface area contributed by atoms with E-state index in [-0.39, 0.29) is 6.04 Å². The monoisotopic (exact) mass is 183 g/mol. The minimum atomic E-state index is -0.528. The molecule has 0 fully saturated rings. The van der Waals surface area contributed by atoms with Crippen LogP contribution in [0.3, 0.4) is 0 Å². The van der Waals surface area contributed by atoms with Gasteiger partial charge in [0.05, 0.1) is 12.1 Å². The average Bonchev–Trinajstić information content (AvgIpc) is 2.03. The molecule has 1 rings (SSSR count). The van der Waals surface area contributed by atoms with E-state index >= 15 is 0 Å². The maximum absolute atomic E-state index is 9.22. The van der Waals surface area contributed by atoms with Gasteiger partial charge in [-0.15, -0.1) is 12.6 Å². The van der Waals surface area contributed by atoms with Gasteiger partial charge >= 0.3 is 0 Å². The first kappa shape index (κ1) is 9.58. The van der Waals surface area contributed by atoms with Crippen molar-refractivity contribution in [2.75, 3.05) is 0 Å². The Labute approximate surface area is 77.8 Å². The number of aliphatic hydroxyl groups is 1. The lowest BCUT2D eigenvalue weighted by Gasteiger charge is -2.14. The predicted octanol–water partition coefficient (Wildman–Crippen LogP) is 1.36. The van der Waals surface area contributed by atoms with E-state index < -0.39 is 6.10 Å². The molecule has 1 aromatic carbocycles. The minimum Gasteiger partial charge on any atom is -0.391 e. The summed E-state index contributed by atoms with van der Waals surface area (Å²) >= 11 is 4.18. The van der Waals surface area contributed by atoms with Gasteiger partial charge in [0.15, 0.2) is 0 Å². The number of hydrogen-bond acceptors (Lipinski definition) is 3. The summed E-state index contributed by atoms with van der Waals surface area (Å²) in [7, 11) is 0. The molecule has 12 heavy (non-hydrogen) atoms. The Bertz CT molecular complexity index is 262. The molecule has 2 atom stereocenters. The summed E-state index contributed by atoms with van der Waals surface area (Å²) in [4.78, 5) is 0.864. The van der Waals surface area contributed by atoms with Crippen LogP contribution in [-0.4, -0.2) is 11.2 Å². The first-order valence-corrected chi connectivity index (χ1v) is 4.28. The van der Waals surface area contributed by atoms with Crippen molar-refractivity contribution in [1.29, 1.82) is 0 Å². The van der Waals surface area contributed by atoms with E-state index in [4.69, 9.17) is 5.73 Å². The van der Waals surface area contributed by atoms with Crippen LogP contribution in [0.4, 0.5) is 0 Å². The van der Waals surface area contributed by atoms with Crippen molar-refractivity contribution in [3.05, 3.63) is 29.8 Å². The largest absolute Gasteiger partial charge is 0.391 e. The van der Waals surface area contributed by atoms with Gasteiger partial charge in [-0.05, 0) is 24.6 Å². The van der Waals surface area contributed by atoms with E-state index in [2.05, 4.69) is 12.6 Å². The zero-order chi connectivity index (χ0) is 9.14.